The summed E-state index contributed by atoms with van der Waals surface area (Å²) in [5, 5.41) is 24.1. The lowest BCUT2D eigenvalue weighted by Gasteiger charge is -2.11. The Labute approximate surface area is 701 Å². The fourth-order valence-electron chi connectivity index (χ4n) is 13.2. The maximum absolute atomic E-state index is 5.49. The number of nitrogens with zero attached hydrogens (tertiary/aromatic N) is 12. The molecule has 12 heterocycles. The minimum Gasteiger partial charge on any atom is -0.387 e. The van der Waals surface area contributed by atoms with Crippen molar-refractivity contribution in [1.29, 1.82) is 0 Å². The average molecular weight is 1580 g/mol. The van der Waals surface area contributed by atoms with Crippen molar-refractivity contribution in [2.24, 2.45) is 30.9 Å². The van der Waals surface area contributed by atoms with Gasteiger partial charge in [0.2, 0.25) is 0 Å². The minimum absolute atomic E-state index is 0.0158. The fraction of sp³-hybridized carbons (Fsp3) is 0.176. The molecule has 18 heteroatoms. The van der Waals surface area contributed by atoms with Crippen molar-refractivity contribution in [3.8, 4) is 35.5 Å². The largest absolute Gasteiger partial charge is 0.387 e. The van der Waals surface area contributed by atoms with Crippen molar-refractivity contribution in [2.45, 2.75) is 117 Å². The van der Waals surface area contributed by atoms with E-state index < -0.39 is 0 Å². The quantitative estimate of drug-likeness (QED) is 0.105. The van der Waals surface area contributed by atoms with Gasteiger partial charge in [0.05, 0.1) is 40.0 Å². The van der Waals surface area contributed by atoms with Gasteiger partial charge in [-0.25, -0.2) is 4.98 Å². The van der Waals surface area contributed by atoms with Crippen molar-refractivity contribution < 1.29 is 29.0 Å². The molecule has 0 radical (unpaired) electrons. The Morgan fingerprint density at radius 3 is 0.983 bits per heavy atom. The first kappa shape index (κ1) is 82.9. The molecular formula is C102H90N12O6. The monoisotopic (exact) mass is 1580 g/mol. The highest BCUT2D eigenvalue weighted by molar-refractivity contribution is 5.86. The predicted molar refractivity (Wildman–Crippen MR) is 478 cm³/mol. The number of hydrogen-bond donors (Lipinski definition) is 0. The van der Waals surface area contributed by atoms with Crippen LogP contribution >= 0.6 is 0 Å². The van der Waals surface area contributed by atoms with Gasteiger partial charge in [0.1, 0.15) is 5.69 Å². The molecule has 0 aliphatic carbocycles. The third kappa shape index (κ3) is 25.0. The molecule has 0 bridgehead atoms. The zero-order valence-corrected chi connectivity index (χ0v) is 67.7. The minimum atomic E-state index is -0.0239. The molecule has 0 unspecified atom stereocenters. The Balaban J connectivity index is 0.000000124. The van der Waals surface area contributed by atoms with E-state index in [-0.39, 0.29) is 36.6 Å². The number of benzene rings is 6. The summed E-state index contributed by atoms with van der Waals surface area (Å²) in [5.74, 6) is 19.0. The van der Waals surface area contributed by atoms with Crippen LogP contribution in [0.2, 0.25) is 0 Å². The molecule has 0 fully saturated rings. The van der Waals surface area contributed by atoms with E-state index in [2.05, 4.69) is 169 Å². The summed E-state index contributed by atoms with van der Waals surface area (Å²) in [5.41, 5.74) is 25.2. The first-order valence-electron chi connectivity index (χ1n) is 39.7. The van der Waals surface area contributed by atoms with Crippen LogP contribution in [0.4, 0.5) is 0 Å². The average Bonchev–Trinajstić information content (AvgIpc) is 1.67. The molecule has 18 nitrogen and oxygen atoms in total. The summed E-state index contributed by atoms with van der Waals surface area (Å²) < 4.78 is 0. The molecule has 0 saturated carbocycles. The van der Waals surface area contributed by atoms with E-state index in [0.717, 1.165) is 151 Å². The van der Waals surface area contributed by atoms with Gasteiger partial charge < -0.3 is 29.0 Å². The molecule has 0 spiro atoms. The number of rotatable bonds is 12. The second-order valence-corrected chi connectivity index (χ2v) is 28.7. The van der Waals surface area contributed by atoms with E-state index in [1.54, 1.807) is 55.8 Å². The summed E-state index contributed by atoms with van der Waals surface area (Å²) in [4.78, 5) is 57.5. The van der Waals surface area contributed by atoms with E-state index >= 15 is 0 Å². The van der Waals surface area contributed by atoms with Gasteiger partial charge in [-0.2, -0.15) is 0 Å². The Morgan fingerprint density at radius 1 is 0.250 bits per heavy atom. The number of aromatic nitrogens is 6. The highest BCUT2D eigenvalue weighted by Crippen LogP contribution is 2.36. The van der Waals surface area contributed by atoms with Crippen molar-refractivity contribution in [2.75, 3.05) is 0 Å². The van der Waals surface area contributed by atoms with Crippen LogP contribution in [0.3, 0.4) is 0 Å². The maximum atomic E-state index is 5.49. The molecule has 0 N–H and O–H groups in total. The van der Waals surface area contributed by atoms with Gasteiger partial charge >= 0.3 is 0 Å². The van der Waals surface area contributed by atoms with E-state index in [9.17, 15) is 0 Å². The normalized spacial score (nSPS) is 17.4. The lowest BCUT2D eigenvalue weighted by Crippen LogP contribution is -2.00. The lowest BCUT2D eigenvalue weighted by molar-refractivity contribution is 0.0854. The van der Waals surface area contributed by atoms with Gasteiger partial charge in [-0.05, 0) is 166 Å². The van der Waals surface area contributed by atoms with Gasteiger partial charge in [0, 0.05) is 162 Å². The summed E-state index contributed by atoms with van der Waals surface area (Å²) in [6, 6.07) is 76.1. The van der Waals surface area contributed by atoms with Crippen LogP contribution in [0, 0.1) is 35.5 Å². The second-order valence-electron chi connectivity index (χ2n) is 28.7. The molecule has 6 aromatic carbocycles. The van der Waals surface area contributed by atoms with Crippen LogP contribution in [-0.4, -0.2) is 64.2 Å². The first-order valence-corrected chi connectivity index (χ1v) is 39.7. The van der Waals surface area contributed by atoms with Crippen LogP contribution in [0.15, 0.2) is 323 Å². The molecule has 12 aromatic rings. The van der Waals surface area contributed by atoms with Gasteiger partial charge in [-0.15, -0.1) is 0 Å². The lowest BCUT2D eigenvalue weighted by atomic mass is 9.98. The Bertz CT molecular complexity index is 5330. The SMILES string of the molecule is CC1=NO[C@@H](c2ccccc2/C=C/c2ccccn2)C1.CC1=NO[C@@H](c2ccccc2/C=C/c2cccnc2)C1.CC1=NO[C@@H](c2ccccc2/C=C/c2ccncc2)C1.CC1=NO[C@@H](c2ccccc2C#Cc2ccccn2)C1.CC1=NO[C@@H](c2ccccc2C#Cc2cccnc2)C1.CC1=NO[C@@H](c2ccccc2C#Cc2ccncc2)C1. The summed E-state index contributed by atoms with van der Waals surface area (Å²) in [6.45, 7) is 11.9. The van der Waals surface area contributed by atoms with Crippen LogP contribution < -0.4 is 0 Å². The Kier molecular flexibility index (Phi) is 30.1. The third-order valence-corrected chi connectivity index (χ3v) is 19.3. The van der Waals surface area contributed by atoms with Crippen molar-refractivity contribution >= 4 is 70.7 Å². The van der Waals surface area contributed by atoms with Gasteiger partial charge in [-0.1, -0.05) is 237 Å². The van der Waals surface area contributed by atoms with Crippen molar-refractivity contribution in [3.05, 3.63) is 393 Å². The van der Waals surface area contributed by atoms with Crippen LogP contribution in [-0.2, 0) is 29.0 Å². The predicted octanol–water partition coefficient (Wildman–Crippen LogP) is 22.2. The van der Waals surface area contributed by atoms with E-state index in [1.807, 2.05) is 242 Å². The molecular weight excluding hydrogens is 1490 g/mol. The highest BCUT2D eigenvalue weighted by atomic mass is 16.7. The molecule has 6 aliphatic rings. The number of pyridine rings is 6. The first-order chi connectivity index (χ1) is 59.0. The van der Waals surface area contributed by atoms with Crippen molar-refractivity contribution in [1.82, 2.24) is 29.9 Å². The molecule has 6 aromatic heterocycles. The molecule has 0 amide bonds. The third-order valence-electron chi connectivity index (χ3n) is 19.3. The van der Waals surface area contributed by atoms with Crippen LogP contribution in [0.25, 0.3) is 36.5 Å². The van der Waals surface area contributed by atoms with E-state index in [1.165, 1.54) is 22.3 Å². The maximum Gasteiger partial charge on any atom is 0.159 e. The topological polar surface area (TPSA) is 207 Å². The summed E-state index contributed by atoms with van der Waals surface area (Å²) >= 11 is 0. The fourth-order valence-corrected chi connectivity index (χ4v) is 13.2. The summed E-state index contributed by atoms with van der Waals surface area (Å²) in [7, 11) is 0. The van der Waals surface area contributed by atoms with Crippen molar-refractivity contribution in [3.63, 3.8) is 0 Å². The van der Waals surface area contributed by atoms with E-state index in [0.29, 0.717) is 0 Å². The molecule has 18 rings (SSSR count). The number of hydrogen-bond acceptors (Lipinski definition) is 18. The zero-order chi connectivity index (χ0) is 82.7. The molecule has 0 saturated heterocycles. The number of oxime groups is 6. The van der Waals surface area contributed by atoms with Gasteiger partial charge in [-0.3, -0.25) is 24.9 Å². The Hall–Kier alpha value is -15.1. The van der Waals surface area contributed by atoms with Crippen LogP contribution in [0.5, 0.6) is 0 Å². The second kappa shape index (κ2) is 43.6. The smallest absolute Gasteiger partial charge is 0.159 e. The molecule has 6 aliphatic heterocycles. The van der Waals surface area contributed by atoms with Gasteiger partial charge in [0.25, 0.3) is 0 Å². The molecule has 120 heavy (non-hydrogen) atoms. The summed E-state index contributed by atoms with van der Waals surface area (Å²) in [6.07, 6.45) is 35.3. The standard InChI is InChI=1S/C17H16N2O.C17H14N2O.C17H16N2O.C17H14N2O.C17H16N2O.C17H14N2O/c2*1-13-12-17(20-19-13)16-8-3-2-6-14(16)9-10-15-7-4-5-11-18-15;2*1-13-11-17(20-19-13)16-7-3-2-6-15(16)9-8-14-5-4-10-18-12-14;2*1-13-12-17(20-19-13)16-5-3-2-4-15(16)7-6-14-8-10-18-11-9-14/h2-11,17H,12H2,1H3;2-8,11,17H,12H2,1H3;2-10,12,17H,11H2,1H3;2-7,10,12,17H,11H2,1H3;2-11,17H,12H2,1H3;2-5,8-11,17H,12H2,1H3/b10-9+;;9-8+;;7-6+;/t6*17-/m111111/s1. The van der Waals surface area contributed by atoms with E-state index in [4.69, 9.17) is 29.0 Å². The zero-order valence-electron chi connectivity index (χ0n) is 67.7. The molecule has 6 atom stereocenters. The highest BCUT2D eigenvalue weighted by Gasteiger charge is 2.27. The Morgan fingerprint density at radius 2 is 0.600 bits per heavy atom. The van der Waals surface area contributed by atoms with Crippen LogP contribution in [0.1, 0.15) is 217 Å². The molecule has 594 valence electrons. The van der Waals surface area contributed by atoms with Gasteiger partial charge in [0.15, 0.2) is 36.6 Å².